The molecule has 228 valence electrons. The van der Waals surface area contributed by atoms with Crippen molar-refractivity contribution in [3.05, 3.63) is 23.0 Å². The van der Waals surface area contributed by atoms with E-state index in [0.717, 1.165) is 11.3 Å². The number of nitrogens with two attached hydrogens (primary N) is 2. The van der Waals surface area contributed by atoms with Gasteiger partial charge in [0.05, 0.1) is 24.2 Å². The van der Waals surface area contributed by atoms with Gasteiger partial charge in [-0.05, 0) is 24.8 Å². The Labute approximate surface area is 246 Å². The van der Waals surface area contributed by atoms with Gasteiger partial charge in [-0.1, -0.05) is 17.3 Å². The number of thiazole rings is 1. The molecule has 0 radical (unpaired) electrons. The number of carboxylic acids is 3. The Morgan fingerprint density at radius 2 is 1.88 bits per heavy atom. The summed E-state index contributed by atoms with van der Waals surface area (Å²) in [5, 5.41) is 40.9. The van der Waals surface area contributed by atoms with Crippen molar-refractivity contribution in [2.45, 2.75) is 37.8 Å². The standard InChI is InChI=1S/C25H28N8O9S/c1-2-6-33(7-5-11-9-28-19-17(11)20(37)32-25(27)31-19)15-10-29-22(43-15)21(38)30-14(3-4-16(34)35)18(36)12(23(39)40)8-13(26)24(41)42/h1,9-10,12-14H,3-8,26H2,(H,30,38)(H,34,35)(H,39,40)(H,41,42)(H4,27,28,31,32,37)/t12?,13-,14-/m0/s1. The Bertz CT molecular complexity index is 1580. The summed E-state index contributed by atoms with van der Waals surface area (Å²) in [5.41, 5.74) is 12.0. The second kappa shape index (κ2) is 14.1. The zero-order valence-corrected chi connectivity index (χ0v) is 23.2. The van der Waals surface area contributed by atoms with Crippen molar-refractivity contribution in [3.63, 3.8) is 0 Å². The van der Waals surface area contributed by atoms with Crippen LogP contribution in [-0.4, -0.2) is 95.1 Å². The molecule has 17 nitrogen and oxygen atoms in total. The molecule has 0 aliphatic rings. The van der Waals surface area contributed by atoms with Crippen LogP contribution in [0.2, 0.25) is 0 Å². The molecule has 0 bridgehead atoms. The summed E-state index contributed by atoms with van der Waals surface area (Å²) in [7, 11) is 0. The van der Waals surface area contributed by atoms with Crippen LogP contribution in [0.4, 0.5) is 10.9 Å². The van der Waals surface area contributed by atoms with Gasteiger partial charge in [0.15, 0.2) is 10.8 Å². The van der Waals surface area contributed by atoms with Gasteiger partial charge in [0.25, 0.3) is 5.91 Å². The molecule has 1 amide bonds. The molecule has 0 fully saturated rings. The number of carboxylic acid groups (broad SMARTS) is 3. The van der Waals surface area contributed by atoms with Gasteiger partial charge in [-0.2, -0.15) is 9.97 Å². The Morgan fingerprint density at radius 3 is 2.51 bits per heavy atom. The van der Waals surface area contributed by atoms with Gasteiger partial charge >= 0.3 is 17.9 Å². The normalized spacial score (nSPS) is 13.0. The molecule has 3 atom stereocenters. The summed E-state index contributed by atoms with van der Waals surface area (Å²) in [4.78, 5) is 76.6. The lowest BCUT2D eigenvalue weighted by Gasteiger charge is -2.21. The molecule has 3 rings (SSSR count). The Kier molecular flexibility index (Phi) is 10.5. The Balaban J connectivity index is 1.77. The molecule has 3 aromatic heterocycles. The fourth-order valence-electron chi connectivity index (χ4n) is 4.15. The number of H-pyrrole nitrogens is 1. The number of aromatic nitrogens is 4. The number of carbonyl (C=O) groups is 5. The topological polar surface area (TPSA) is 288 Å². The highest BCUT2D eigenvalue weighted by Crippen LogP contribution is 2.28. The van der Waals surface area contributed by atoms with Crippen molar-refractivity contribution in [1.82, 2.24) is 25.3 Å². The number of nitrogens with one attached hydrogen (secondary N) is 2. The minimum Gasteiger partial charge on any atom is -0.493 e. The number of hydrogen-bond acceptors (Lipinski definition) is 13. The molecular weight excluding hydrogens is 588 g/mol. The van der Waals surface area contributed by atoms with Crippen LogP contribution in [0, 0.1) is 18.3 Å². The molecule has 0 aliphatic carbocycles. The quantitative estimate of drug-likeness (QED) is 0.0737. The molecule has 18 heteroatoms. The first-order valence-electron chi connectivity index (χ1n) is 12.6. The fourth-order valence-corrected chi connectivity index (χ4v) is 5.00. The molecule has 1 unspecified atom stereocenters. The molecule has 0 aliphatic heterocycles. The number of fused-ring (bicyclic) bond motifs is 1. The van der Waals surface area contributed by atoms with Crippen LogP contribution in [0.1, 0.15) is 34.6 Å². The number of nitrogen functional groups attached to an aromatic ring is 1. The molecule has 0 spiro atoms. The number of carbonyl (C=O) groups excluding carboxylic acids is 2. The van der Waals surface area contributed by atoms with E-state index in [0.29, 0.717) is 34.6 Å². The third-order valence-corrected chi connectivity index (χ3v) is 7.34. The van der Waals surface area contributed by atoms with Gasteiger partial charge in [-0.15, -0.1) is 6.42 Å². The fraction of sp³-hybridized carbons (Fsp3) is 0.360. The van der Waals surface area contributed by atoms with Crippen molar-refractivity contribution >= 4 is 62.9 Å². The summed E-state index contributed by atoms with van der Waals surface area (Å²) < 4.78 is 0. The smallest absolute Gasteiger partial charge is 0.320 e. The molecular formula is C25H28N8O9S. The van der Waals surface area contributed by atoms with E-state index >= 15 is 0 Å². The van der Waals surface area contributed by atoms with Gasteiger partial charge in [-0.3, -0.25) is 24.0 Å². The van der Waals surface area contributed by atoms with Crippen LogP contribution in [0.3, 0.4) is 0 Å². The molecule has 0 saturated heterocycles. The number of aromatic amines is 1. The van der Waals surface area contributed by atoms with Crippen LogP contribution in [-0.2, 0) is 25.6 Å². The van der Waals surface area contributed by atoms with E-state index in [9.17, 15) is 34.2 Å². The van der Waals surface area contributed by atoms with E-state index in [2.05, 4.69) is 31.2 Å². The first-order chi connectivity index (χ1) is 20.3. The monoisotopic (exact) mass is 616 g/mol. The number of Topliss-reactive ketones (excluding diaryl/α,β-unsaturated/α-hetero) is 1. The van der Waals surface area contributed by atoms with Crippen molar-refractivity contribution in [1.29, 1.82) is 0 Å². The molecule has 43 heavy (non-hydrogen) atoms. The zero-order valence-electron chi connectivity index (χ0n) is 22.4. The van der Waals surface area contributed by atoms with E-state index in [1.807, 2.05) is 0 Å². The number of amides is 1. The van der Waals surface area contributed by atoms with Crippen molar-refractivity contribution in [2.24, 2.45) is 11.7 Å². The maximum atomic E-state index is 13.0. The molecule has 3 heterocycles. The molecule has 3 aromatic rings. The second-order valence-corrected chi connectivity index (χ2v) is 10.3. The number of nitrogens with zero attached hydrogens (tertiary/aromatic N) is 4. The number of aliphatic carboxylic acids is 3. The maximum absolute atomic E-state index is 13.0. The highest BCUT2D eigenvalue weighted by atomic mass is 32.1. The minimum absolute atomic E-state index is 0.1000. The Morgan fingerprint density at radius 1 is 1.16 bits per heavy atom. The van der Waals surface area contributed by atoms with Crippen LogP contribution in [0.15, 0.2) is 12.4 Å². The first kappa shape index (κ1) is 32.2. The van der Waals surface area contributed by atoms with Crippen LogP contribution < -0.4 is 21.7 Å². The molecule has 10 N–H and O–H groups in total. The number of hydrogen-bond donors (Lipinski definition) is 8. The summed E-state index contributed by atoms with van der Waals surface area (Å²) in [5.74, 6) is -6.28. The zero-order chi connectivity index (χ0) is 31.8. The molecule has 0 saturated carbocycles. The predicted octanol–water partition coefficient (Wildman–Crippen LogP) is -0.580. The minimum atomic E-state index is -1.91. The van der Waals surface area contributed by atoms with Crippen LogP contribution >= 0.6 is 11.3 Å². The van der Waals surface area contributed by atoms with Gasteiger partial charge in [-0.25, -0.2) is 4.98 Å². The van der Waals surface area contributed by atoms with Crippen molar-refractivity contribution in [2.75, 3.05) is 23.7 Å². The third-order valence-electron chi connectivity index (χ3n) is 6.29. The lowest BCUT2D eigenvalue weighted by atomic mass is 9.89. The lowest BCUT2D eigenvalue weighted by Crippen LogP contribution is -2.47. The lowest BCUT2D eigenvalue weighted by molar-refractivity contribution is -0.148. The van der Waals surface area contributed by atoms with Gasteiger partial charge < -0.3 is 47.1 Å². The van der Waals surface area contributed by atoms with E-state index in [1.165, 1.54) is 6.20 Å². The maximum Gasteiger partial charge on any atom is 0.320 e. The number of ketones is 1. The highest BCUT2D eigenvalue weighted by Gasteiger charge is 2.36. The summed E-state index contributed by atoms with van der Waals surface area (Å²) in [6.07, 6.45) is 7.09. The summed E-state index contributed by atoms with van der Waals surface area (Å²) in [6.45, 7) is 0.430. The van der Waals surface area contributed by atoms with E-state index in [1.54, 1.807) is 11.1 Å². The number of anilines is 2. The van der Waals surface area contributed by atoms with Gasteiger partial charge in [0.1, 0.15) is 22.6 Å². The van der Waals surface area contributed by atoms with E-state index in [4.69, 9.17) is 28.1 Å². The number of aromatic hydroxyl groups is 1. The number of terminal acetylenes is 1. The predicted molar refractivity (Wildman–Crippen MR) is 151 cm³/mol. The number of rotatable bonds is 16. The van der Waals surface area contributed by atoms with Crippen molar-refractivity contribution in [3.8, 4) is 18.2 Å². The molecule has 0 aromatic carbocycles. The second-order valence-electron chi connectivity index (χ2n) is 9.25. The SMILES string of the molecule is C#CCN(CCc1c[nH]c2nc(N)nc(O)c12)c1cnc(C(=O)N[C@@H](CCC(=O)O)C(=O)C(C[C@H](N)C(=O)O)C(=O)O)s1. The third kappa shape index (κ3) is 8.15. The van der Waals surface area contributed by atoms with Crippen LogP contribution in [0.5, 0.6) is 5.88 Å². The van der Waals surface area contributed by atoms with Crippen molar-refractivity contribution < 1.29 is 44.4 Å². The van der Waals surface area contributed by atoms with Gasteiger partial charge in [0, 0.05) is 19.2 Å². The average molecular weight is 617 g/mol. The van der Waals surface area contributed by atoms with E-state index in [-0.39, 0.29) is 23.4 Å². The summed E-state index contributed by atoms with van der Waals surface area (Å²) in [6, 6.07) is -3.26. The first-order valence-corrected chi connectivity index (χ1v) is 13.4. The summed E-state index contributed by atoms with van der Waals surface area (Å²) >= 11 is 0.909. The Hall–Kier alpha value is -5.28. The van der Waals surface area contributed by atoms with E-state index < -0.39 is 66.9 Å². The largest absolute Gasteiger partial charge is 0.493 e. The van der Waals surface area contributed by atoms with Gasteiger partial charge in [0.2, 0.25) is 11.8 Å². The average Bonchev–Trinajstić information content (AvgIpc) is 3.59. The highest BCUT2D eigenvalue weighted by molar-refractivity contribution is 7.17. The van der Waals surface area contributed by atoms with Crippen LogP contribution in [0.25, 0.3) is 11.0 Å².